The average Bonchev–Trinajstić information content (AvgIpc) is 2.97. The summed E-state index contributed by atoms with van der Waals surface area (Å²) in [6.45, 7) is 6.16. The third-order valence-corrected chi connectivity index (χ3v) is 3.94. The van der Waals surface area contributed by atoms with Crippen LogP contribution in [-0.2, 0) is 9.53 Å². The van der Waals surface area contributed by atoms with Gasteiger partial charge < -0.3 is 19.6 Å². The van der Waals surface area contributed by atoms with Crippen molar-refractivity contribution in [2.75, 3.05) is 6.54 Å². The van der Waals surface area contributed by atoms with Gasteiger partial charge in [0.25, 0.3) is 0 Å². The minimum absolute atomic E-state index is 0.00673. The van der Waals surface area contributed by atoms with E-state index < -0.39 is 11.7 Å². The van der Waals surface area contributed by atoms with Crippen LogP contribution in [0.1, 0.15) is 58.3 Å². The van der Waals surface area contributed by atoms with Gasteiger partial charge in [-0.05, 0) is 58.6 Å². The van der Waals surface area contributed by atoms with E-state index in [1.807, 2.05) is 20.8 Å². The summed E-state index contributed by atoms with van der Waals surface area (Å²) < 4.78 is 10.6. The lowest BCUT2D eigenvalue weighted by atomic mass is 9.86. The monoisotopic (exact) mass is 309 g/mol. The summed E-state index contributed by atoms with van der Waals surface area (Å²) in [6.07, 6.45) is 4.46. The van der Waals surface area contributed by atoms with E-state index in [4.69, 9.17) is 9.15 Å². The first-order valence-electron chi connectivity index (χ1n) is 8.03. The van der Waals surface area contributed by atoms with Gasteiger partial charge in [-0.1, -0.05) is 0 Å². The van der Waals surface area contributed by atoms with E-state index in [1.54, 1.807) is 18.4 Å². The van der Waals surface area contributed by atoms with Crippen LogP contribution >= 0.6 is 0 Å². The number of hydrogen-bond acceptors (Lipinski definition) is 5. The Hall–Kier alpha value is -1.33. The van der Waals surface area contributed by atoms with E-state index in [0.717, 1.165) is 25.7 Å². The van der Waals surface area contributed by atoms with Gasteiger partial charge in [-0.15, -0.1) is 0 Å². The fourth-order valence-electron chi connectivity index (χ4n) is 2.78. The number of ether oxygens (including phenoxy) is 1. The Morgan fingerprint density at radius 2 is 2.09 bits per heavy atom. The summed E-state index contributed by atoms with van der Waals surface area (Å²) in [6, 6.07) is 3.87. The maximum atomic E-state index is 12.0. The second-order valence-corrected chi connectivity index (χ2v) is 7.02. The number of aliphatic hydroxyl groups excluding tert-OH is 1. The second-order valence-electron chi connectivity index (χ2n) is 7.02. The maximum absolute atomic E-state index is 12.0. The molecule has 1 fully saturated rings. The van der Waals surface area contributed by atoms with E-state index in [2.05, 4.69) is 5.32 Å². The van der Waals surface area contributed by atoms with Crippen molar-refractivity contribution in [3.05, 3.63) is 24.2 Å². The van der Waals surface area contributed by atoms with E-state index in [0.29, 0.717) is 18.3 Å². The van der Waals surface area contributed by atoms with Crippen molar-refractivity contribution in [1.82, 2.24) is 5.32 Å². The quantitative estimate of drug-likeness (QED) is 0.818. The lowest BCUT2D eigenvalue weighted by Gasteiger charge is -2.30. The number of nitrogens with one attached hydrogen (secondary N) is 1. The molecule has 0 aliphatic heterocycles. The van der Waals surface area contributed by atoms with E-state index in [1.165, 1.54) is 0 Å². The Labute approximate surface area is 132 Å². The fraction of sp³-hybridized carbons (Fsp3) is 0.706. The molecule has 0 saturated heterocycles. The molecule has 5 nitrogen and oxygen atoms in total. The predicted octanol–water partition coefficient (Wildman–Crippen LogP) is 2.80. The third-order valence-electron chi connectivity index (χ3n) is 3.94. The standard InChI is InChI=1S/C17H27NO4/c1-17(2,3)22-16(20)12-6-8-13(9-7-12)18-11-14(19)15-5-4-10-21-15/h4-5,10,12-14,18-19H,6-9,11H2,1-3H3. The molecule has 2 N–H and O–H groups in total. The highest BCUT2D eigenvalue weighted by Gasteiger charge is 2.30. The Bertz CT molecular complexity index is 456. The molecule has 2 rings (SSSR count). The molecular formula is C17H27NO4. The van der Waals surface area contributed by atoms with Crippen LogP contribution in [0.25, 0.3) is 0 Å². The van der Waals surface area contributed by atoms with Gasteiger partial charge in [0.15, 0.2) is 0 Å². The van der Waals surface area contributed by atoms with Crippen LogP contribution in [0.3, 0.4) is 0 Å². The van der Waals surface area contributed by atoms with Gasteiger partial charge in [-0.25, -0.2) is 0 Å². The van der Waals surface area contributed by atoms with Crippen molar-refractivity contribution >= 4 is 5.97 Å². The van der Waals surface area contributed by atoms with Gasteiger partial charge >= 0.3 is 5.97 Å². The Kier molecular flexibility index (Phi) is 5.64. The van der Waals surface area contributed by atoms with E-state index >= 15 is 0 Å². The highest BCUT2D eigenvalue weighted by molar-refractivity contribution is 5.73. The predicted molar refractivity (Wildman–Crippen MR) is 83.3 cm³/mol. The second kappa shape index (κ2) is 7.29. The molecule has 1 heterocycles. The van der Waals surface area contributed by atoms with Crippen LogP contribution in [0.4, 0.5) is 0 Å². The number of hydrogen-bond donors (Lipinski definition) is 2. The van der Waals surface area contributed by atoms with Gasteiger partial charge in [0.1, 0.15) is 17.5 Å². The van der Waals surface area contributed by atoms with Crippen molar-refractivity contribution in [2.45, 2.75) is 64.2 Å². The maximum Gasteiger partial charge on any atom is 0.309 e. The van der Waals surface area contributed by atoms with Crippen molar-refractivity contribution in [1.29, 1.82) is 0 Å². The number of carbonyl (C=O) groups is 1. The SMILES string of the molecule is CC(C)(C)OC(=O)C1CCC(NCC(O)c2ccco2)CC1. The molecule has 1 unspecified atom stereocenters. The number of rotatable bonds is 5. The minimum Gasteiger partial charge on any atom is -0.467 e. The molecule has 0 bridgehead atoms. The van der Waals surface area contributed by atoms with E-state index in [9.17, 15) is 9.90 Å². The van der Waals surface area contributed by atoms with Gasteiger partial charge in [0.2, 0.25) is 0 Å². The largest absolute Gasteiger partial charge is 0.467 e. The molecular weight excluding hydrogens is 282 g/mol. The smallest absolute Gasteiger partial charge is 0.309 e. The van der Waals surface area contributed by atoms with Crippen LogP contribution in [0.15, 0.2) is 22.8 Å². The molecule has 0 aromatic carbocycles. The van der Waals surface area contributed by atoms with Crippen molar-refractivity contribution < 1.29 is 19.1 Å². The minimum atomic E-state index is -0.626. The number of carbonyl (C=O) groups excluding carboxylic acids is 1. The van der Waals surface area contributed by atoms with Gasteiger partial charge in [0.05, 0.1) is 12.2 Å². The zero-order valence-corrected chi connectivity index (χ0v) is 13.7. The highest BCUT2D eigenvalue weighted by atomic mass is 16.6. The molecule has 1 aliphatic carbocycles. The molecule has 5 heteroatoms. The normalized spacial score (nSPS) is 24.0. The molecule has 124 valence electrons. The lowest BCUT2D eigenvalue weighted by Crippen LogP contribution is -2.38. The van der Waals surface area contributed by atoms with Crippen LogP contribution in [0.5, 0.6) is 0 Å². The number of aliphatic hydroxyl groups is 1. The van der Waals surface area contributed by atoms with Crippen LogP contribution < -0.4 is 5.32 Å². The first kappa shape index (κ1) is 17.0. The zero-order chi connectivity index (χ0) is 16.2. The van der Waals surface area contributed by atoms with Crippen molar-refractivity contribution in [3.8, 4) is 0 Å². The summed E-state index contributed by atoms with van der Waals surface area (Å²) in [7, 11) is 0. The van der Waals surface area contributed by atoms with Crippen LogP contribution in [0, 0.1) is 5.92 Å². The third kappa shape index (κ3) is 5.14. The highest BCUT2D eigenvalue weighted by Crippen LogP contribution is 2.27. The summed E-state index contributed by atoms with van der Waals surface area (Å²) in [5.74, 6) is 0.504. The molecule has 0 amide bonds. The summed E-state index contributed by atoms with van der Waals surface area (Å²) in [5.41, 5.74) is -0.417. The molecule has 1 aromatic heterocycles. The van der Waals surface area contributed by atoms with Gasteiger partial charge in [0, 0.05) is 12.6 Å². The van der Waals surface area contributed by atoms with Crippen LogP contribution in [0.2, 0.25) is 0 Å². The number of esters is 1. The molecule has 22 heavy (non-hydrogen) atoms. The zero-order valence-electron chi connectivity index (χ0n) is 13.7. The summed E-state index contributed by atoms with van der Waals surface area (Å²) in [4.78, 5) is 12.0. The summed E-state index contributed by atoms with van der Waals surface area (Å²) >= 11 is 0. The molecule has 1 aliphatic rings. The lowest BCUT2D eigenvalue weighted by molar-refractivity contribution is -0.161. The molecule has 1 aromatic rings. The first-order chi connectivity index (χ1) is 10.3. The topological polar surface area (TPSA) is 71.7 Å². The fourth-order valence-corrected chi connectivity index (χ4v) is 2.78. The van der Waals surface area contributed by atoms with Crippen LogP contribution in [-0.4, -0.2) is 29.3 Å². The van der Waals surface area contributed by atoms with Crippen molar-refractivity contribution in [3.63, 3.8) is 0 Å². The van der Waals surface area contributed by atoms with Crippen molar-refractivity contribution in [2.24, 2.45) is 5.92 Å². The van der Waals surface area contributed by atoms with Gasteiger partial charge in [-0.3, -0.25) is 4.79 Å². The van der Waals surface area contributed by atoms with Gasteiger partial charge in [-0.2, -0.15) is 0 Å². The van der Waals surface area contributed by atoms with E-state index in [-0.39, 0.29) is 11.9 Å². The summed E-state index contributed by atoms with van der Waals surface area (Å²) in [5, 5.41) is 13.3. The molecule has 1 atom stereocenters. The molecule has 1 saturated carbocycles. The Morgan fingerprint density at radius 3 is 2.64 bits per heavy atom. The number of furan rings is 1. The molecule has 0 radical (unpaired) electrons. The molecule has 0 spiro atoms. The Morgan fingerprint density at radius 1 is 1.41 bits per heavy atom. The first-order valence-corrected chi connectivity index (χ1v) is 8.03. The Balaban J connectivity index is 1.70. The average molecular weight is 309 g/mol.